The number of carbonyl (C=O) groups is 2. The van der Waals surface area contributed by atoms with Crippen molar-refractivity contribution in [2.24, 2.45) is 5.92 Å². The first-order valence-electron chi connectivity index (χ1n) is 10.2. The van der Waals surface area contributed by atoms with Gasteiger partial charge in [-0.2, -0.15) is 0 Å². The van der Waals surface area contributed by atoms with Gasteiger partial charge in [0.15, 0.2) is 0 Å². The fourth-order valence-corrected chi connectivity index (χ4v) is 4.37. The largest absolute Gasteiger partial charge is 0.357 e. The maximum atomic E-state index is 14.5. The van der Waals surface area contributed by atoms with Gasteiger partial charge in [0.05, 0.1) is 0 Å². The van der Waals surface area contributed by atoms with Gasteiger partial charge >= 0.3 is 0 Å². The number of halogens is 1. The van der Waals surface area contributed by atoms with Gasteiger partial charge in [-0.3, -0.25) is 9.59 Å². The Morgan fingerprint density at radius 1 is 1.10 bits per heavy atom. The van der Waals surface area contributed by atoms with Crippen molar-refractivity contribution < 1.29 is 14.0 Å². The zero-order chi connectivity index (χ0) is 21.0. The van der Waals surface area contributed by atoms with Crippen LogP contribution in [0.15, 0.2) is 48.5 Å². The van der Waals surface area contributed by atoms with E-state index in [9.17, 15) is 14.0 Å². The highest BCUT2D eigenvalue weighted by atomic mass is 19.1. The number of benzene rings is 2. The summed E-state index contributed by atoms with van der Waals surface area (Å²) in [5.74, 6) is -0.232. The molecule has 0 spiro atoms. The van der Waals surface area contributed by atoms with Crippen molar-refractivity contribution in [3.8, 4) is 11.1 Å². The lowest BCUT2D eigenvalue weighted by Gasteiger charge is -2.38. The summed E-state index contributed by atoms with van der Waals surface area (Å²) in [6, 6.07) is 14.2. The molecular formula is C24H29FN2O2. The standard InChI is InChI=1S/C24H29FN2O2/c1-17(2)15-22(28)27-14-8-13-24(27,23(29)26-3)16-18-9-4-5-10-19(18)20-11-6-7-12-21(20)25/h4-7,9-12,17H,8,13-16H2,1-3H3,(H,26,29). The fraction of sp³-hybridized carbons (Fsp3) is 0.417. The molecular weight excluding hydrogens is 367 g/mol. The average Bonchev–Trinajstić information content (AvgIpc) is 3.13. The second-order valence-corrected chi connectivity index (χ2v) is 8.17. The van der Waals surface area contributed by atoms with E-state index < -0.39 is 5.54 Å². The van der Waals surface area contributed by atoms with Crippen LogP contribution in [0.4, 0.5) is 4.39 Å². The second-order valence-electron chi connectivity index (χ2n) is 8.17. The molecule has 3 rings (SSSR count). The molecule has 5 heteroatoms. The van der Waals surface area contributed by atoms with Crippen LogP contribution < -0.4 is 5.32 Å². The third-order valence-electron chi connectivity index (χ3n) is 5.69. The van der Waals surface area contributed by atoms with Gasteiger partial charge in [0.25, 0.3) is 0 Å². The third kappa shape index (κ3) is 4.19. The van der Waals surface area contributed by atoms with Gasteiger partial charge < -0.3 is 10.2 Å². The number of hydrogen-bond acceptors (Lipinski definition) is 2. The first-order valence-corrected chi connectivity index (χ1v) is 10.2. The summed E-state index contributed by atoms with van der Waals surface area (Å²) in [5, 5.41) is 2.77. The van der Waals surface area contributed by atoms with E-state index in [1.54, 1.807) is 30.1 Å². The summed E-state index contributed by atoms with van der Waals surface area (Å²) in [4.78, 5) is 27.8. The van der Waals surface area contributed by atoms with Crippen molar-refractivity contribution in [2.75, 3.05) is 13.6 Å². The van der Waals surface area contributed by atoms with Crippen LogP contribution in [0.3, 0.4) is 0 Å². The maximum absolute atomic E-state index is 14.5. The van der Waals surface area contributed by atoms with Crippen LogP contribution in [-0.4, -0.2) is 35.8 Å². The minimum atomic E-state index is -0.942. The molecule has 2 aromatic carbocycles. The third-order valence-corrected chi connectivity index (χ3v) is 5.69. The number of rotatable bonds is 6. The summed E-state index contributed by atoms with van der Waals surface area (Å²) in [6.07, 6.45) is 2.15. The van der Waals surface area contributed by atoms with E-state index >= 15 is 0 Å². The highest BCUT2D eigenvalue weighted by molar-refractivity contribution is 5.92. The number of amides is 2. The van der Waals surface area contributed by atoms with E-state index in [-0.39, 0.29) is 23.5 Å². The van der Waals surface area contributed by atoms with Crippen molar-refractivity contribution >= 4 is 11.8 Å². The Labute approximate surface area is 172 Å². The van der Waals surface area contributed by atoms with Crippen molar-refractivity contribution in [3.05, 3.63) is 59.9 Å². The minimum absolute atomic E-state index is 0.00414. The number of hydrogen-bond donors (Lipinski definition) is 1. The molecule has 1 heterocycles. The Balaban J connectivity index is 2.04. The lowest BCUT2D eigenvalue weighted by molar-refractivity contribution is -0.145. The van der Waals surface area contributed by atoms with Gasteiger partial charge in [0.1, 0.15) is 11.4 Å². The summed E-state index contributed by atoms with van der Waals surface area (Å²) in [5.41, 5.74) is 1.19. The quantitative estimate of drug-likeness (QED) is 0.796. The van der Waals surface area contributed by atoms with Crippen LogP contribution in [0.2, 0.25) is 0 Å². The molecule has 1 aliphatic heterocycles. The molecule has 0 aliphatic carbocycles. The number of nitrogens with zero attached hydrogens (tertiary/aromatic N) is 1. The Bertz CT molecular complexity index is 896. The van der Waals surface area contributed by atoms with Crippen LogP contribution in [0.1, 0.15) is 38.7 Å². The Morgan fingerprint density at radius 2 is 1.76 bits per heavy atom. The Hall–Kier alpha value is -2.69. The zero-order valence-electron chi connectivity index (χ0n) is 17.4. The summed E-state index contributed by atoms with van der Waals surface area (Å²) >= 11 is 0. The zero-order valence-corrected chi connectivity index (χ0v) is 17.4. The second kappa shape index (κ2) is 8.76. The maximum Gasteiger partial charge on any atom is 0.246 e. The number of nitrogens with one attached hydrogen (secondary N) is 1. The van der Waals surface area contributed by atoms with Crippen molar-refractivity contribution in [2.45, 2.75) is 45.1 Å². The molecule has 1 N–H and O–H groups in total. The minimum Gasteiger partial charge on any atom is -0.357 e. The van der Waals surface area contributed by atoms with Crippen LogP contribution in [-0.2, 0) is 16.0 Å². The summed E-state index contributed by atoms with van der Waals surface area (Å²) in [7, 11) is 1.61. The Morgan fingerprint density at radius 3 is 2.41 bits per heavy atom. The smallest absolute Gasteiger partial charge is 0.246 e. The van der Waals surface area contributed by atoms with Crippen LogP contribution in [0.25, 0.3) is 11.1 Å². The highest BCUT2D eigenvalue weighted by Crippen LogP contribution is 2.37. The van der Waals surface area contributed by atoms with E-state index in [0.29, 0.717) is 31.4 Å². The van der Waals surface area contributed by atoms with Gasteiger partial charge in [-0.1, -0.05) is 56.3 Å². The molecule has 1 aliphatic rings. The van der Waals surface area contributed by atoms with Crippen LogP contribution >= 0.6 is 0 Å². The molecule has 2 amide bonds. The number of carbonyl (C=O) groups excluding carboxylic acids is 2. The molecule has 29 heavy (non-hydrogen) atoms. The van der Waals surface area contributed by atoms with E-state index in [2.05, 4.69) is 5.32 Å². The summed E-state index contributed by atoms with van der Waals surface area (Å²) < 4.78 is 14.5. The summed E-state index contributed by atoms with van der Waals surface area (Å²) in [6.45, 7) is 4.58. The van der Waals surface area contributed by atoms with Crippen molar-refractivity contribution in [1.82, 2.24) is 10.2 Å². The van der Waals surface area contributed by atoms with Gasteiger partial charge in [0, 0.05) is 32.0 Å². The normalized spacial score (nSPS) is 18.9. The van der Waals surface area contributed by atoms with E-state index in [4.69, 9.17) is 0 Å². The van der Waals surface area contributed by atoms with E-state index in [1.165, 1.54) is 6.07 Å². The monoisotopic (exact) mass is 396 g/mol. The average molecular weight is 397 g/mol. The van der Waals surface area contributed by atoms with Crippen LogP contribution in [0.5, 0.6) is 0 Å². The lowest BCUT2D eigenvalue weighted by atomic mass is 9.83. The highest BCUT2D eigenvalue weighted by Gasteiger charge is 2.49. The molecule has 1 fully saturated rings. The molecule has 2 aromatic rings. The molecule has 154 valence electrons. The van der Waals surface area contributed by atoms with Gasteiger partial charge in [0.2, 0.25) is 11.8 Å². The topological polar surface area (TPSA) is 49.4 Å². The fourth-order valence-electron chi connectivity index (χ4n) is 4.37. The first-order chi connectivity index (χ1) is 13.9. The van der Waals surface area contributed by atoms with E-state index in [0.717, 1.165) is 17.5 Å². The molecule has 1 atom stereocenters. The molecule has 0 aromatic heterocycles. The van der Waals surface area contributed by atoms with Crippen molar-refractivity contribution in [1.29, 1.82) is 0 Å². The van der Waals surface area contributed by atoms with Gasteiger partial charge in [-0.25, -0.2) is 4.39 Å². The molecule has 1 unspecified atom stereocenters. The first kappa shape index (κ1) is 21.0. The molecule has 4 nitrogen and oxygen atoms in total. The van der Waals surface area contributed by atoms with Crippen molar-refractivity contribution in [3.63, 3.8) is 0 Å². The number of likely N-dealkylation sites (tertiary alicyclic amines) is 1. The van der Waals surface area contributed by atoms with Gasteiger partial charge in [-0.05, 0) is 36.0 Å². The molecule has 0 bridgehead atoms. The lowest BCUT2D eigenvalue weighted by Crippen LogP contribution is -2.58. The predicted octanol–water partition coefficient (Wildman–Crippen LogP) is 4.19. The predicted molar refractivity (Wildman–Crippen MR) is 113 cm³/mol. The van der Waals surface area contributed by atoms with E-state index in [1.807, 2.05) is 38.1 Å². The number of likely N-dealkylation sites (N-methyl/N-ethyl adjacent to an activating group) is 1. The van der Waals surface area contributed by atoms with Gasteiger partial charge in [-0.15, -0.1) is 0 Å². The Kier molecular flexibility index (Phi) is 6.36. The molecule has 0 saturated carbocycles. The molecule has 0 radical (unpaired) electrons. The molecule has 1 saturated heterocycles. The van der Waals surface area contributed by atoms with Crippen LogP contribution in [0, 0.1) is 11.7 Å². The SMILES string of the molecule is CNC(=O)C1(Cc2ccccc2-c2ccccc2F)CCCN1C(=O)CC(C)C.